The first-order valence-electron chi connectivity index (χ1n) is 9.21. The number of nitrogens with one attached hydrogen (secondary N) is 3. The van der Waals surface area contributed by atoms with E-state index in [9.17, 15) is 13.2 Å². The van der Waals surface area contributed by atoms with Crippen molar-refractivity contribution in [2.45, 2.75) is 51.3 Å². The zero-order valence-corrected chi connectivity index (χ0v) is 17.8. The molecule has 1 aliphatic carbocycles. The second kappa shape index (κ2) is 8.07. The molecule has 152 valence electrons. The Balaban J connectivity index is 0.00000261. The molecule has 1 heterocycles. The van der Waals surface area contributed by atoms with Gasteiger partial charge in [0, 0.05) is 17.1 Å². The predicted molar refractivity (Wildman–Crippen MR) is 110 cm³/mol. The first-order chi connectivity index (χ1) is 12.1. The molecule has 1 amide bonds. The number of hydrogen-bond donors (Lipinski definition) is 3. The van der Waals surface area contributed by atoms with Crippen LogP contribution in [0.1, 0.15) is 45.6 Å². The van der Waals surface area contributed by atoms with Gasteiger partial charge in [-0.05, 0) is 76.2 Å². The summed E-state index contributed by atoms with van der Waals surface area (Å²) in [5.41, 5.74) is 0.994. The molecule has 0 aromatic heterocycles. The minimum Gasteiger partial charge on any atom is -0.326 e. The van der Waals surface area contributed by atoms with Gasteiger partial charge in [0.1, 0.15) is 0 Å². The lowest BCUT2D eigenvalue weighted by atomic mass is 9.92. The number of anilines is 1. The third-order valence-electron chi connectivity index (χ3n) is 5.12. The van der Waals surface area contributed by atoms with Gasteiger partial charge in [-0.1, -0.05) is 12.1 Å². The monoisotopic (exact) mass is 415 g/mol. The molecular formula is C19H30ClN3O3S. The van der Waals surface area contributed by atoms with Crippen molar-refractivity contribution in [3.8, 4) is 0 Å². The van der Waals surface area contributed by atoms with E-state index >= 15 is 0 Å². The number of piperidine rings is 1. The minimum absolute atomic E-state index is 0. The van der Waals surface area contributed by atoms with E-state index in [1.54, 1.807) is 18.2 Å². The van der Waals surface area contributed by atoms with E-state index in [1.807, 2.05) is 26.8 Å². The molecule has 2 aliphatic rings. The van der Waals surface area contributed by atoms with Crippen molar-refractivity contribution in [3.63, 3.8) is 0 Å². The average molecular weight is 416 g/mol. The van der Waals surface area contributed by atoms with Crippen LogP contribution in [-0.4, -0.2) is 33.0 Å². The predicted octanol–water partition coefficient (Wildman–Crippen LogP) is 2.65. The highest BCUT2D eigenvalue weighted by Crippen LogP contribution is 2.58. The number of amides is 1. The zero-order valence-electron chi connectivity index (χ0n) is 16.2. The van der Waals surface area contributed by atoms with Gasteiger partial charge in [0.05, 0.1) is 5.75 Å². The molecule has 27 heavy (non-hydrogen) atoms. The Kier molecular flexibility index (Phi) is 6.62. The first-order valence-corrected chi connectivity index (χ1v) is 10.9. The summed E-state index contributed by atoms with van der Waals surface area (Å²) in [4.78, 5) is 12.6. The smallest absolute Gasteiger partial charge is 0.228 e. The number of carbonyl (C=O) groups excluding carboxylic acids is 1. The number of sulfonamides is 1. The SMILES string of the molecule is CC(C)(C)NS(=O)(=O)Cc1cccc(NC(=O)C2CC23CCNCC3)c1.Cl. The van der Waals surface area contributed by atoms with Crippen LogP contribution in [0.5, 0.6) is 0 Å². The fraction of sp³-hybridized carbons (Fsp3) is 0.632. The number of hydrogen-bond acceptors (Lipinski definition) is 4. The highest BCUT2D eigenvalue weighted by atomic mass is 35.5. The van der Waals surface area contributed by atoms with Crippen molar-refractivity contribution in [1.29, 1.82) is 0 Å². The van der Waals surface area contributed by atoms with E-state index in [4.69, 9.17) is 0 Å². The van der Waals surface area contributed by atoms with Crippen molar-refractivity contribution in [2.75, 3.05) is 18.4 Å². The maximum Gasteiger partial charge on any atom is 0.228 e. The molecule has 6 nitrogen and oxygen atoms in total. The van der Waals surface area contributed by atoms with Gasteiger partial charge in [-0.25, -0.2) is 13.1 Å². The summed E-state index contributed by atoms with van der Waals surface area (Å²) >= 11 is 0. The number of halogens is 1. The molecule has 8 heteroatoms. The van der Waals surface area contributed by atoms with Crippen LogP contribution in [0, 0.1) is 11.3 Å². The zero-order chi connectivity index (χ0) is 19.0. The van der Waals surface area contributed by atoms with E-state index in [0.29, 0.717) is 11.3 Å². The topological polar surface area (TPSA) is 87.3 Å². The van der Waals surface area contributed by atoms with Crippen LogP contribution in [0.3, 0.4) is 0 Å². The first kappa shape index (κ1) is 22.1. The highest BCUT2D eigenvalue weighted by molar-refractivity contribution is 7.88. The Hall–Kier alpha value is -1.15. The maximum atomic E-state index is 12.6. The van der Waals surface area contributed by atoms with Gasteiger partial charge in [0.25, 0.3) is 0 Å². The summed E-state index contributed by atoms with van der Waals surface area (Å²) in [6, 6.07) is 7.10. The molecule has 1 unspecified atom stereocenters. The Labute approximate surface area is 168 Å². The molecule has 0 radical (unpaired) electrons. The second-order valence-corrected chi connectivity index (χ2v) is 10.4. The molecular weight excluding hydrogens is 386 g/mol. The van der Waals surface area contributed by atoms with Crippen LogP contribution in [0.15, 0.2) is 24.3 Å². The maximum absolute atomic E-state index is 12.6. The van der Waals surface area contributed by atoms with Crippen LogP contribution in [0.25, 0.3) is 0 Å². The van der Waals surface area contributed by atoms with Gasteiger partial charge < -0.3 is 10.6 Å². The molecule has 1 saturated heterocycles. The largest absolute Gasteiger partial charge is 0.326 e. The van der Waals surface area contributed by atoms with Gasteiger partial charge in [-0.2, -0.15) is 0 Å². The van der Waals surface area contributed by atoms with Crippen molar-refractivity contribution < 1.29 is 13.2 Å². The Morgan fingerprint density at radius 2 is 1.93 bits per heavy atom. The van der Waals surface area contributed by atoms with Crippen molar-refractivity contribution in [2.24, 2.45) is 11.3 Å². The molecule has 3 N–H and O–H groups in total. The van der Waals surface area contributed by atoms with Crippen molar-refractivity contribution >= 4 is 34.0 Å². The molecule has 3 rings (SSSR count). The van der Waals surface area contributed by atoms with Crippen LogP contribution in [-0.2, 0) is 20.6 Å². The Morgan fingerprint density at radius 1 is 1.26 bits per heavy atom. The second-order valence-electron chi connectivity index (χ2n) is 8.67. The highest BCUT2D eigenvalue weighted by Gasteiger charge is 2.57. The summed E-state index contributed by atoms with van der Waals surface area (Å²) in [7, 11) is -3.43. The van der Waals surface area contributed by atoms with E-state index in [0.717, 1.165) is 32.4 Å². The number of carbonyl (C=O) groups is 1. The summed E-state index contributed by atoms with van der Waals surface area (Å²) < 4.78 is 27.2. The normalized spacial score (nSPS) is 21.4. The summed E-state index contributed by atoms with van der Waals surface area (Å²) in [6.07, 6.45) is 3.08. The van der Waals surface area contributed by atoms with Gasteiger partial charge in [0.15, 0.2) is 0 Å². The summed E-state index contributed by atoms with van der Waals surface area (Å²) in [5.74, 6) is 0.0341. The van der Waals surface area contributed by atoms with Crippen LogP contribution < -0.4 is 15.4 Å². The molecule has 0 bridgehead atoms. The van der Waals surface area contributed by atoms with Gasteiger partial charge >= 0.3 is 0 Å². The lowest BCUT2D eigenvalue weighted by Crippen LogP contribution is -2.41. The molecule has 1 aromatic carbocycles. The van der Waals surface area contributed by atoms with Gasteiger partial charge in [0.2, 0.25) is 15.9 Å². The van der Waals surface area contributed by atoms with Gasteiger partial charge in [-0.15, -0.1) is 12.4 Å². The lowest BCUT2D eigenvalue weighted by Gasteiger charge is -2.23. The molecule has 1 saturated carbocycles. The van der Waals surface area contributed by atoms with Crippen molar-refractivity contribution in [3.05, 3.63) is 29.8 Å². The molecule has 1 atom stereocenters. The molecule has 1 spiro atoms. The van der Waals surface area contributed by atoms with E-state index in [-0.39, 0.29) is 35.4 Å². The Bertz CT molecular complexity index is 784. The van der Waals surface area contributed by atoms with E-state index in [1.165, 1.54) is 0 Å². The summed E-state index contributed by atoms with van der Waals surface area (Å²) in [6.45, 7) is 7.41. The third-order valence-corrected chi connectivity index (χ3v) is 6.76. The Morgan fingerprint density at radius 3 is 2.56 bits per heavy atom. The number of rotatable bonds is 5. The van der Waals surface area contributed by atoms with Gasteiger partial charge in [-0.3, -0.25) is 4.79 Å². The van der Waals surface area contributed by atoms with Crippen LogP contribution in [0.2, 0.25) is 0 Å². The average Bonchev–Trinajstić information content (AvgIpc) is 3.18. The fourth-order valence-corrected chi connectivity index (χ4v) is 5.51. The molecule has 1 aromatic rings. The fourth-order valence-electron chi connectivity index (χ4n) is 3.89. The van der Waals surface area contributed by atoms with Crippen LogP contribution >= 0.6 is 12.4 Å². The lowest BCUT2D eigenvalue weighted by molar-refractivity contribution is -0.118. The third kappa shape index (κ3) is 5.91. The summed E-state index contributed by atoms with van der Waals surface area (Å²) in [5, 5.41) is 6.32. The van der Waals surface area contributed by atoms with E-state index in [2.05, 4.69) is 15.4 Å². The number of benzene rings is 1. The minimum atomic E-state index is -3.43. The molecule has 2 fully saturated rings. The standard InChI is InChI=1S/C19H29N3O3S.ClH/c1-18(2,3)22-26(24,25)13-14-5-4-6-15(11-14)21-17(23)16-12-19(16)7-9-20-10-8-19;/h4-6,11,16,20,22H,7-10,12-13H2,1-3H3,(H,21,23);1H. The van der Waals surface area contributed by atoms with Crippen molar-refractivity contribution in [1.82, 2.24) is 10.0 Å². The quantitative estimate of drug-likeness (QED) is 0.689. The van der Waals surface area contributed by atoms with Crippen LogP contribution in [0.4, 0.5) is 5.69 Å². The van der Waals surface area contributed by atoms with E-state index < -0.39 is 15.6 Å². The molecule has 1 aliphatic heterocycles.